The van der Waals surface area contributed by atoms with Crippen molar-refractivity contribution in [2.24, 2.45) is 77.3 Å². The Bertz CT molecular complexity index is 4210. The molecule has 150 heavy (non-hydrogen) atoms. The molecule has 35 atom stereocenters. The summed E-state index contributed by atoms with van der Waals surface area (Å²) in [7, 11) is 0. The lowest BCUT2D eigenvalue weighted by molar-refractivity contribution is -0.393. The van der Waals surface area contributed by atoms with Gasteiger partial charge in [-0.25, -0.2) is 33.6 Å². The topological polar surface area (TPSA) is 1060 Å². The normalized spacial score (nSPS) is 33.8. The fourth-order valence-electron chi connectivity index (χ4n) is 12.6. The monoisotopic (exact) mass is 2260 g/mol. The number of carboxylic acids is 7. The van der Waals surface area contributed by atoms with Gasteiger partial charge in [-0.15, -0.1) is 6.58 Å². The van der Waals surface area contributed by atoms with Crippen molar-refractivity contribution in [3.05, 3.63) is 12.7 Å². The third kappa shape index (κ3) is 44.7. The van der Waals surface area contributed by atoms with E-state index in [2.05, 4.69) is 31.9 Å². The van der Waals surface area contributed by atoms with Crippen LogP contribution in [0.1, 0.15) is 32.6 Å². The van der Waals surface area contributed by atoms with Crippen LogP contribution in [0.5, 0.6) is 0 Å². The minimum Gasteiger partial charge on any atom is -0.475 e. The van der Waals surface area contributed by atoms with Gasteiger partial charge in [0, 0.05) is 19.4 Å². The van der Waals surface area contributed by atoms with E-state index in [1.54, 1.807) is 0 Å². The first-order valence-electron chi connectivity index (χ1n) is 40.8. The number of carbonyl (C=O) groups is 7. The highest BCUT2D eigenvalue weighted by atomic mass is 19.4. The van der Waals surface area contributed by atoms with Crippen LogP contribution in [-0.4, -0.2) is 483 Å². The molecule has 21 saturated heterocycles. The second-order valence-electron chi connectivity index (χ2n) is 30.8. The Balaban J connectivity index is 0.00000187. The molecule has 60 nitrogen and oxygen atoms in total. The fraction of sp³-hybridized carbons (Fsp3) is 0.768. The number of hydrogen-bond acceptors (Lipinski definition) is 42. The second-order valence-corrected chi connectivity index (χ2v) is 30.8. The van der Waals surface area contributed by atoms with Crippen LogP contribution in [0.2, 0.25) is 0 Å². The predicted molar refractivity (Wildman–Crippen MR) is 435 cm³/mol. The molecular formula is C69H105F21N18O42. The van der Waals surface area contributed by atoms with E-state index in [0.717, 1.165) is 0 Å². The van der Waals surface area contributed by atoms with Crippen LogP contribution in [0.4, 0.5) is 92.2 Å². The zero-order chi connectivity index (χ0) is 117. The quantitative estimate of drug-likeness (QED) is 0.0247. The van der Waals surface area contributed by atoms with E-state index in [-0.39, 0.29) is 38.1 Å². The largest absolute Gasteiger partial charge is 0.490 e. The van der Waals surface area contributed by atoms with E-state index in [4.69, 9.17) is 214 Å². The van der Waals surface area contributed by atoms with E-state index < -0.39 is 368 Å². The first-order valence-corrected chi connectivity index (χ1v) is 40.8. The molecule has 0 aromatic heterocycles. The predicted octanol–water partition coefficient (Wildman–Crippen LogP) is -10.4. The smallest absolute Gasteiger partial charge is 0.475 e. The molecule has 21 rings (SSSR count). The van der Waals surface area contributed by atoms with E-state index >= 15 is 0 Å². The van der Waals surface area contributed by atoms with Gasteiger partial charge in [0.15, 0.2) is 67.9 Å². The van der Waals surface area contributed by atoms with E-state index in [9.17, 15) is 159 Å². The van der Waals surface area contributed by atoms with Gasteiger partial charge in [0.2, 0.25) is 0 Å². The van der Waals surface area contributed by atoms with Crippen LogP contribution in [0.15, 0.2) is 32.6 Å². The van der Waals surface area contributed by atoms with Gasteiger partial charge in [-0.3, -0.25) is 36.2 Å². The number of aliphatic hydroxyl groups is 13. The summed E-state index contributed by atoms with van der Waals surface area (Å²) in [4.78, 5) is 78.4. The molecule has 14 bridgehead atoms. The molecule has 0 aromatic rings. The van der Waals surface area contributed by atoms with Gasteiger partial charge in [-0.2, -0.15) is 92.2 Å². The Morgan fingerprint density at radius 3 is 0.673 bits per heavy atom. The third-order valence-electron chi connectivity index (χ3n) is 19.4. The van der Waals surface area contributed by atoms with Crippen molar-refractivity contribution in [3.63, 3.8) is 0 Å². The average Bonchev–Trinajstić information content (AvgIpc) is 0.798. The number of aliphatic imine (C=N–C) groups is 4. The van der Waals surface area contributed by atoms with Crippen molar-refractivity contribution in [3.8, 4) is 0 Å². The summed E-state index contributed by atoms with van der Waals surface area (Å²) in [6, 6.07) is 0. The number of guanidine groups is 4. The average molecular weight is 2260 g/mol. The standard InChI is InChI=1S/C55H98N18O28.7C2HF3O2/c1-3-8-87-44-36(86)38-16(5-7-23(59)60)89-51(44)101-43-21(13-73-55(67)68)94-50(35(85)29(43)79)100-40-18(10-70-52(61)62)91-46(31(81)26(40)76)95-37-15(4-6-22(57)58)88-45(30(80)24(37)74)97-39-17(9-69-14(2)56)90-48(33(83)25(39)75)98-42-20(12-72-54(65)66)93-49(34(84)28(42)78)99-41-19(11-71-53(63)64)92-47(96-38)32(82)27(41)77;7*3-2(4,5)1(6)7/h3,15-21,24-51,74-86H,1,4-13H2,2H3,(H2,56,69)(H3,57,58)(H3,59,60)(H4,61,62,70)(H4,63,64,71)(H4,65,66,72)(H4,67,68,73);7*(H,6,7). The van der Waals surface area contributed by atoms with E-state index in [1.165, 1.54) is 13.0 Å². The second kappa shape index (κ2) is 59.2. The first-order chi connectivity index (χ1) is 68.3. The summed E-state index contributed by atoms with van der Waals surface area (Å²) < 4.78 is 315. The molecule has 21 heterocycles. The van der Waals surface area contributed by atoms with Crippen LogP contribution in [0.25, 0.3) is 0 Å². The minimum absolute atomic E-state index is 0.0468. The first kappa shape index (κ1) is 137. The molecule has 21 aliphatic rings. The Kier molecular flexibility index (Phi) is 54.1. The maximum Gasteiger partial charge on any atom is 0.490 e. The number of halogens is 21. The Hall–Kier alpha value is -11.1. The molecule has 0 aromatic carbocycles. The number of nitrogens with zero attached hydrogens (tertiary/aromatic N) is 4. The maximum absolute atomic E-state index is 12.5. The zero-order valence-electron chi connectivity index (χ0n) is 75.5. The number of ether oxygens (including phenoxy) is 15. The highest BCUT2D eigenvalue weighted by Crippen LogP contribution is 2.42. The Labute approximate surface area is 822 Å². The number of amidine groups is 3. The molecule has 0 spiro atoms. The zero-order valence-corrected chi connectivity index (χ0v) is 75.5. The molecule has 35 unspecified atom stereocenters. The summed E-state index contributed by atoms with van der Waals surface area (Å²) in [6.45, 7) is 1.75. The molecule has 0 aliphatic carbocycles. The summed E-state index contributed by atoms with van der Waals surface area (Å²) in [6.07, 6.45) is -103. The molecule has 21 fully saturated rings. The van der Waals surface area contributed by atoms with Gasteiger partial charge in [0.25, 0.3) is 0 Å². The number of carboxylic acid groups (broad SMARTS) is 7. The summed E-state index contributed by atoms with van der Waals surface area (Å²) >= 11 is 0. The van der Waals surface area contributed by atoms with Crippen molar-refractivity contribution in [1.29, 1.82) is 16.2 Å². The van der Waals surface area contributed by atoms with Gasteiger partial charge in [-0.1, -0.05) is 6.08 Å². The van der Waals surface area contributed by atoms with E-state index in [0.29, 0.717) is 0 Å². The lowest BCUT2D eigenvalue weighted by atomic mass is 9.93. The molecular weight excluding hydrogens is 2150 g/mol. The van der Waals surface area contributed by atoms with Gasteiger partial charge in [-0.05, 0) is 19.8 Å². The summed E-state index contributed by atoms with van der Waals surface area (Å²) in [5, 5.41) is 233. The summed E-state index contributed by atoms with van der Waals surface area (Å²) in [5.74, 6) is -22.4. The van der Waals surface area contributed by atoms with Crippen LogP contribution in [0, 0.1) is 16.2 Å². The van der Waals surface area contributed by atoms with Crippen LogP contribution < -0.4 is 62.7 Å². The number of nitrogens with one attached hydrogen (secondary N) is 4. The number of hydrogen-bond donors (Lipinski definition) is 34. The molecule has 0 saturated carbocycles. The fourth-order valence-corrected chi connectivity index (χ4v) is 12.6. The third-order valence-corrected chi connectivity index (χ3v) is 19.4. The van der Waals surface area contributed by atoms with Crippen molar-refractivity contribution < 1.29 is 299 Å². The highest BCUT2D eigenvalue weighted by molar-refractivity contribution is 5.79. The number of aliphatic carboxylic acids is 7. The van der Waals surface area contributed by atoms with Crippen LogP contribution >= 0.6 is 0 Å². The van der Waals surface area contributed by atoms with Crippen molar-refractivity contribution >= 4 is 83.1 Å². The number of alkyl halides is 21. The molecule has 44 N–H and O–H groups in total. The van der Waals surface area contributed by atoms with Gasteiger partial charge in [0.1, 0.15) is 159 Å². The van der Waals surface area contributed by atoms with Gasteiger partial charge >= 0.3 is 85.0 Å². The Morgan fingerprint density at radius 1 is 0.300 bits per heavy atom. The molecule has 0 amide bonds. The van der Waals surface area contributed by atoms with Crippen LogP contribution in [-0.2, 0) is 105 Å². The minimum atomic E-state index is -5.08. The molecule has 0 radical (unpaired) electrons. The molecule has 21 aliphatic heterocycles. The number of nitrogens with two attached hydrogens (primary N) is 10. The van der Waals surface area contributed by atoms with Crippen molar-refractivity contribution in [2.45, 2.75) is 291 Å². The summed E-state index contributed by atoms with van der Waals surface area (Å²) in [5.41, 5.74) is 57.6. The lowest BCUT2D eigenvalue weighted by Crippen LogP contribution is -2.68. The van der Waals surface area contributed by atoms with Crippen LogP contribution in [0.3, 0.4) is 0 Å². The van der Waals surface area contributed by atoms with Crippen molar-refractivity contribution in [1.82, 2.24) is 5.32 Å². The van der Waals surface area contributed by atoms with E-state index in [1.807, 2.05) is 0 Å². The molecule has 81 heteroatoms. The van der Waals surface area contributed by atoms with Gasteiger partial charge in [0.05, 0.1) is 62.5 Å². The number of rotatable bonds is 19. The maximum atomic E-state index is 12.5. The Morgan fingerprint density at radius 2 is 0.480 bits per heavy atom. The van der Waals surface area contributed by atoms with Gasteiger partial charge < -0.3 is 236 Å². The lowest BCUT2D eigenvalue weighted by Gasteiger charge is -2.50. The SMILES string of the molecule is C=CCOC1C2OC(CCC(=N)N)C(OC3OC(CNC(=N)N)C(OC4OC(CN=C(N)N)C(OC5OC(CN=C(C)N)C(OC6OC(CCC(=N)N)C(OC7OC(CN=C(N)N)C(OC8OC(CN=C(N)N)C(O2)C(O)C8O)C(O)C7O)C(O)C6O)C(O)C5O)C(O)C4O)C(O)C3O)C1O.O=C(O)C(F)(F)F.O=C(O)C(F)(F)F.O=C(O)C(F)(F)F.O=C(O)C(F)(F)F.O=C(O)C(F)(F)F.O=C(O)C(F)(F)F.O=C(O)C(F)(F)F. The highest BCUT2D eigenvalue weighted by Gasteiger charge is 2.61. The van der Waals surface area contributed by atoms with Crippen molar-refractivity contribution in [2.75, 3.05) is 39.3 Å². The number of aliphatic hydroxyl groups excluding tert-OH is 13. The molecule has 870 valence electrons.